The lowest BCUT2D eigenvalue weighted by molar-refractivity contribution is -0.132. The molecule has 0 unspecified atom stereocenters. The topological polar surface area (TPSA) is 92.4 Å². The van der Waals surface area contributed by atoms with Gasteiger partial charge in [0.15, 0.2) is 12.0 Å². The number of aryl methyl sites for hydroxylation is 1. The minimum Gasteiger partial charge on any atom is -0.508 e. The Morgan fingerprint density at radius 1 is 1.11 bits per heavy atom. The lowest BCUT2D eigenvalue weighted by atomic mass is 9.69. The zero-order valence-electron chi connectivity index (χ0n) is 21.9. The van der Waals surface area contributed by atoms with Crippen molar-refractivity contribution < 1.29 is 9.90 Å². The number of hydrogen-bond donors (Lipinski definition) is 2. The summed E-state index contributed by atoms with van der Waals surface area (Å²) in [6.07, 6.45) is -0.0654. The highest BCUT2D eigenvalue weighted by Gasteiger charge is 2.38. The maximum atomic E-state index is 13.7. The zero-order valence-corrected chi connectivity index (χ0v) is 22.7. The summed E-state index contributed by atoms with van der Waals surface area (Å²) < 4.78 is 1.89. The number of aliphatic imine (C=N–C) groups is 1. The number of phenols is 1. The van der Waals surface area contributed by atoms with Crippen molar-refractivity contribution in [3.63, 3.8) is 0 Å². The first-order valence-corrected chi connectivity index (χ1v) is 12.6. The second-order valence-electron chi connectivity index (χ2n) is 11.2. The Labute approximate surface area is 217 Å². The Morgan fingerprint density at radius 2 is 1.78 bits per heavy atom. The number of rotatable bonds is 6. The molecule has 36 heavy (non-hydrogen) atoms. The number of aromatic nitrogens is 3. The van der Waals surface area contributed by atoms with Gasteiger partial charge in [0.1, 0.15) is 11.6 Å². The summed E-state index contributed by atoms with van der Waals surface area (Å²) >= 11 is 6.15. The van der Waals surface area contributed by atoms with Gasteiger partial charge >= 0.3 is 0 Å². The van der Waals surface area contributed by atoms with Crippen molar-refractivity contribution in [2.75, 3.05) is 0 Å². The highest BCUT2D eigenvalue weighted by molar-refractivity contribution is 6.30. The monoisotopic (exact) mass is 507 g/mol. The summed E-state index contributed by atoms with van der Waals surface area (Å²) in [4.78, 5) is 18.7. The standard InChI is InChI=1S/C28H34ClN5O2/c1-16(2)27(4,5)15-28(6,7)26(36)31-24-25-33-32-17(3)34(25)22-13-12-20(35)14-21(22)23(30-24)18-8-10-19(29)11-9-18/h8-14,16,24,35H,15H2,1-7H3,(H,31,36)/t24-/m0/s1. The molecule has 2 N–H and O–H groups in total. The molecule has 0 spiro atoms. The van der Waals surface area contributed by atoms with Crippen LogP contribution in [0.5, 0.6) is 5.75 Å². The van der Waals surface area contributed by atoms with Crippen LogP contribution in [-0.2, 0) is 4.79 Å². The predicted molar refractivity (Wildman–Crippen MR) is 143 cm³/mol. The maximum absolute atomic E-state index is 13.7. The van der Waals surface area contributed by atoms with Crippen LogP contribution in [0.3, 0.4) is 0 Å². The van der Waals surface area contributed by atoms with Gasteiger partial charge in [-0.3, -0.25) is 14.4 Å². The second kappa shape index (κ2) is 9.36. The summed E-state index contributed by atoms with van der Waals surface area (Å²) in [6, 6.07) is 12.5. The lowest BCUT2D eigenvalue weighted by Gasteiger charge is -2.37. The van der Waals surface area contributed by atoms with E-state index in [2.05, 4.69) is 43.2 Å². The quantitative estimate of drug-likeness (QED) is 0.428. The van der Waals surface area contributed by atoms with Gasteiger partial charge in [0.05, 0.1) is 11.4 Å². The summed E-state index contributed by atoms with van der Waals surface area (Å²) in [5.41, 5.74) is 2.25. The molecule has 190 valence electrons. The van der Waals surface area contributed by atoms with Gasteiger partial charge in [-0.05, 0) is 55.0 Å². The van der Waals surface area contributed by atoms with Crippen LogP contribution in [0, 0.1) is 23.7 Å². The van der Waals surface area contributed by atoms with Crippen LogP contribution in [0.4, 0.5) is 0 Å². The van der Waals surface area contributed by atoms with E-state index in [9.17, 15) is 9.90 Å². The molecule has 1 amide bonds. The molecule has 1 atom stereocenters. The average molecular weight is 508 g/mol. The fraction of sp³-hybridized carbons (Fsp3) is 0.429. The number of halogens is 1. The van der Waals surface area contributed by atoms with Crippen LogP contribution in [0.25, 0.3) is 5.69 Å². The Hall–Kier alpha value is -3.19. The van der Waals surface area contributed by atoms with E-state index in [-0.39, 0.29) is 17.1 Å². The van der Waals surface area contributed by atoms with E-state index in [1.807, 2.05) is 43.5 Å². The van der Waals surface area contributed by atoms with Crippen molar-refractivity contribution in [1.29, 1.82) is 0 Å². The van der Waals surface area contributed by atoms with Crippen molar-refractivity contribution in [3.05, 3.63) is 70.3 Å². The first-order chi connectivity index (χ1) is 16.8. The van der Waals surface area contributed by atoms with Gasteiger partial charge in [-0.2, -0.15) is 0 Å². The van der Waals surface area contributed by atoms with E-state index in [4.69, 9.17) is 16.6 Å². The average Bonchev–Trinajstić information content (AvgIpc) is 3.11. The first kappa shape index (κ1) is 25.9. The number of carbonyl (C=O) groups excluding carboxylic acids is 1. The van der Waals surface area contributed by atoms with Crippen LogP contribution in [0.1, 0.15) is 76.9 Å². The van der Waals surface area contributed by atoms with Crippen molar-refractivity contribution in [2.45, 2.75) is 61.1 Å². The minimum atomic E-state index is -0.777. The van der Waals surface area contributed by atoms with Crippen molar-refractivity contribution in [1.82, 2.24) is 20.1 Å². The van der Waals surface area contributed by atoms with E-state index in [0.29, 0.717) is 40.3 Å². The second-order valence-corrected chi connectivity index (χ2v) is 11.6. The van der Waals surface area contributed by atoms with Crippen LogP contribution in [-0.4, -0.2) is 31.5 Å². The SMILES string of the molecule is Cc1nnc2n1-c1ccc(O)cc1C(c1ccc(Cl)cc1)=N[C@H]2NC(=O)C(C)(C)CC(C)(C)C(C)C. The van der Waals surface area contributed by atoms with E-state index >= 15 is 0 Å². The molecule has 1 aliphatic heterocycles. The molecule has 0 fully saturated rings. The molecule has 1 aromatic heterocycles. The van der Waals surface area contributed by atoms with Gasteiger partial charge in [-0.15, -0.1) is 10.2 Å². The number of hydrogen-bond acceptors (Lipinski definition) is 5. The summed E-state index contributed by atoms with van der Waals surface area (Å²) in [5, 5.41) is 22.8. The molecule has 4 rings (SSSR count). The van der Waals surface area contributed by atoms with Gasteiger partial charge in [0, 0.05) is 21.6 Å². The third-order valence-electron chi connectivity index (χ3n) is 7.29. The molecule has 7 nitrogen and oxygen atoms in total. The number of phenolic OH excluding ortho intramolecular Hbond substituents is 1. The number of fused-ring (bicyclic) bond motifs is 3. The third-order valence-corrected chi connectivity index (χ3v) is 7.54. The molecule has 1 aliphatic rings. The number of nitrogens with one attached hydrogen (secondary N) is 1. The maximum Gasteiger partial charge on any atom is 0.227 e. The highest BCUT2D eigenvalue weighted by atomic mass is 35.5. The van der Waals surface area contributed by atoms with Gasteiger partial charge in [-0.25, -0.2) is 0 Å². The van der Waals surface area contributed by atoms with Crippen LogP contribution < -0.4 is 5.32 Å². The number of benzene rings is 2. The van der Waals surface area contributed by atoms with E-state index in [0.717, 1.165) is 11.3 Å². The smallest absolute Gasteiger partial charge is 0.227 e. The van der Waals surface area contributed by atoms with Crippen LogP contribution in [0.2, 0.25) is 5.02 Å². The van der Waals surface area contributed by atoms with E-state index in [1.54, 1.807) is 24.3 Å². The molecule has 0 saturated heterocycles. The molecule has 8 heteroatoms. The number of carbonyl (C=O) groups is 1. The molecule has 0 aliphatic carbocycles. The number of nitrogens with zero attached hydrogens (tertiary/aromatic N) is 4. The van der Waals surface area contributed by atoms with Crippen molar-refractivity contribution in [2.24, 2.45) is 21.7 Å². The Bertz CT molecular complexity index is 1320. The molecule has 2 aromatic carbocycles. The normalized spacial score (nSPS) is 15.7. The van der Waals surface area contributed by atoms with Crippen molar-refractivity contribution >= 4 is 23.2 Å². The number of aromatic hydroxyl groups is 1. The fourth-order valence-electron chi connectivity index (χ4n) is 4.70. The molecular formula is C28H34ClN5O2. The third kappa shape index (κ3) is 4.89. The van der Waals surface area contributed by atoms with Gasteiger partial charge in [0.25, 0.3) is 0 Å². The van der Waals surface area contributed by atoms with Gasteiger partial charge in [0.2, 0.25) is 5.91 Å². The molecule has 3 aromatic rings. The molecule has 0 bridgehead atoms. The van der Waals surface area contributed by atoms with E-state index in [1.165, 1.54) is 0 Å². The minimum absolute atomic E-state index is 0.0214. The Kier molecular flexibility index (Phi) is 6.73. The largest absolute Gasteiger partial charge is 0.508 e. The molecule has 0 radical (unpaired) electrons. The van der Waals surface area contributed by atoms with Gasteiger partial charge in [-0.1, -0.05) is 65.3 Å². The Morgan fingerprint density at radius 3 is 2.42 bits per heavy atom. The zero-order chi connectivity index (χ0) is 26.4. The predicted octanol–water partition coefficient (Wildman–Crippen LogP) is 6.00. The lowest BCUT2D eigenvalue weighted by Crippen LogP contribution is -2.42. The summed E-state index contributed by atoms with van der Waals surface area (Å²) in [5.74, 6) is 1.59. The Balaban J connectivity index is 1.83. The summed E-state index contributed by atoms with van der Waals surface area (Å²) in [6.45, 7) is 14.5. The first-order valence-electron chi connectivity index (χ1n) is 12.2. The molecular weight excluding hydrogens is 474 g/mol. The number of amides is 1. The highest BCUT2D eigenvalue weighted by Crippen LogP contribution is 2.40. The van der Waals surface area contributed by atoms with E-state index < -0.39 is 11.6 Å². The fourth-order valence-corrected chi connectivity index (χ4v) is 4.82. The van der Waals surface area contributed by atoms with Gasteiger partial charge < -0.3 is 10.4 Å². The molecule has 0 saturated carbocycles. The van der Waals surface area contributed by atoms with Crippen molar-refractivity contribution in [3.8, 4) is 11.4 Å². The summed E-state index contributed by atoms with van der Waals surface area (Å²) in [7, 11) is 0. The molecule has 2 heterocycles. The van der Waals surface area contributed by atoms with Crippen LogP contribution >= 0.6 is 11.6 Å². The van der Waals surface area contributed by atoms with Crippen LogP contribution in [0.15, 0.2) is 47.5 Å².